The predicted octanol–water partition coefficient (Wildman–Crippen LogP) is 1.49. The lowest BCUT2D eigenvalue weighted by Gasteiger charge is -2.25. The summed E-state index contributed by atoms with van der Waals surface area (Å²) in [5.74, 6) is -0.0136. The smallest absolute Gasteiger partial charge is 0.193 e. The zero-order chi connectivity index (χ0) is 13.8. The van der Waals surface area contributed by atoms with Crippen LogP contribution in [0.15, 0.2) is 23.3 Å². The number of carbonyl (C=O) groups excluding carboxylic acids is 1. The Balaban J connectivity index is 2.89. The zero-order valence-corrected chi connectivity index (χ0v) is 11.5. The molecule has 0 fully saturated rings. The summed E-state index contributed by atoms with van der Waals surface area (Å²) in [7, 11) is 3.28. The molecule has 1 aliphatic rings. The van der Waals surface area contributed by atoms with Gasteiger partial charge in [0.15, 0.2) is 5.78 Å². The van der Waals surface area contributed by atoms with Gasteiger partial charge in [-0.05, 0) is 31.9 Å². The Morgan fingerprint density at radius 3 is 2.61 bits per heavy atom. The van der Waals surface area contributed by atoms with E-state index in [0.717, 1.165) is 12.0 Å². The van der Waals surface area contributed by atoms with Gasteiger partial charge in [0.25, 0.3) is 0 Å². The minimum Gasteiger partial charge on any atom is -0.384 e. The first-order valence-corrected chi connectivity index (χ1v) is 6.05. The highest BCUT2D eigenvalue weighted by atomic mass is 16.5. The van der Waals surface area contributed by atoms with Crippen LogP contribution in [0.5, 0.6) is 0 Å². The highest BCUT2D eigenvalue weighted by molar-refractivity contribution is 6.03. The summed E-state index contributed by atoms with van der Waals surface area (Å²) >= 11 is 0. The molecule has 0 spiro atoms. The van der Waals surface area contributed by atoms with E-state index in [0.29, 0.717) is 18.8 Å². The molecule has 4 heteroatoms. The van der Waals surface area contributed by atoms with Crippen molar-refractivity contribution in [2.75, 3.05) is 27.4 Å². The Bertz CT molecular complexity index is 360. The van der Waals surface area contributed by atoms with E-state index < -0.39 is 5.60 Å². The molecule has 1 unspecified atom stereocenters. The van der Waals surface area contributed by atoms with E-state index in [-0.39, 0.29) is 11.7 Å². The predicted molar refractivity (Wildman–Crippen MR) is 69.3 cm³/mol. The molecule has 102 valence electrons. The summed E-state index contributed by atoms with van der Waals surface area (Å²) < 4.78 is 10.3. The molecule has 0 aromatic rings. The van der Waals surface area contributed by atoms with Crippen molar-refractivity contribution in [2.45, 2.75) is 25.9 Å². The maximum Gasteiger partial charge on any atom is 0.193 e. The van der Waals surface area contributed by atoms with Crippen molar-refractivity contribution in [1.82, 2.24) is 0 Å². The standard InChI is InChI=1S/C14H22O4/c1-14(2,16)13(15)10-5-6-11(8-17-3)12(7-10)9-18-4/h5,7,11,16H,6,8-9H2,1-4H3. The molecular formula is C14H22O4. The summed E-state index contributed by atoms with van der Waals surface area (Å²) in [5.41, 5.74) is 0.255. The van der Waals surface area contributed by atoms with E-state index in [1.807, 2.05) is 12.2 Å². The number of methoxy groups -OCH3 is 2. The molecule has 0 aliphatic heterocycles. The van der Waals surface area contributed by atoms with Crippen molar-refractivity contribution in [3.8, 4) is 0 Å². The summed E-state index contributed by atoms with van der Waals surface area (Å²) in [6, 6.07) is 0. The van der Waals surface area contributed by atoms with E-state index in [1.165, 1.54) is 13.8 Å². The quantitative estimate of drug-likeness (QED) is 0.780. The number of carbonyl (C=O) groups is 1. The van der Waals surface area contributed by atoms with E-state index in [1.54, 1.807) is 14.2 Å². The number of aliphatic hydroxyl groups is 1. The molecule has 1 rings (SSSR count). The molecule has 0 aromatic carbocycles. The second kappa shape index (κ2) is 6.27. The molecule has 0 radical (unpaired) electrons. The van der Waals surface area contributed by atoms with Crippen LogP contribution < -0.4 is 0 Å². The highest BCUT2D eigenvalue weighted by Gasteiger charge is 2.29. The topological polar surface area (TPSA) is 55.8 Å². The number of ether oxygens (including phenoxy) is 2. The minimum atomic E-state index is -1.34. The second-order valence-electron chi connectivity index (χ2n) is 5.09. The lowest BCUT2D eigenvalue weighted by atomic mass is 9.85. The molecule has 0 heterocycles. The molecule has 1 N–H and O–H groups in total. The van der Waals surface area contributed by atoms with Gasteiger partial charge in [-0.25, -0.2) is 0 Å². The fourth-order valence-corrected chi connectivity index (χ4v) is 2.01. The van der Waals surface area contributed by atoms with Gasteiger partial charge < -0.3 is 14.6 Å². The Morgan fingerprint density at radius 1 is 1.44 bits per heavy atom. The third-order valence-electron chi connectivity index (χ3n) is 2.98. The van der Waals surface area contributed by atoms with Crippen molar-refractivity contribution >= 4 is 5.78 Å². The SMILES string of the molecule is COCC1=CC(C(=O)C(C)(C)O)=CCC1COC. The van der Waals surface area contributed by atoms with Crippen LogP contribution in [0.4, 0.5) is 0 Å². The van der Waals surface area contributed by atoms with E-state index in [4.69, 9.17) is 9.47 Å². The van der Waals surface area contributed by atoms with Crippen LogP contribution in [0, 0.1) is 5.92 Å². The minimum absolute atomic E-state index is 0.244. The van der Waals surface area contributed by atoms with Crippen molar-refractivity contribution in [1.29, 1.82) is 0 Å². The third-order valence-corrected chi connectivity index (χ3v) is 2.98. The molecule has 0 bridgehead atoms. The average molecular weight is 254 g/mol. The van der Waals surface area contributed by atoms with Crippen LogP contribution >= 0.6 is 0 Å². The first-order valence-electron chi connectivity index (χ1n) is 6.05. The summed E-state index contributed by atoms with van der Waals surface area (Å²) in [6.45, 7) is 4.09. The van der Waals surface area contributed by atoms with Crippen LogP contribution in [-0.2, 0) is 14.3 Å². The summed E-state index contributed by atoms with van der Waals surface area (Å²) in [4.78, 5) is 12.0. The van der Waals surface area contributed by atoms with Crippen molar-refractivity contribution in [3.63, 3.8) is 0 Å². The maximum atomic E-state index is 12.0. The van der Waals surface area contributed by atoms with Crippen molar-refractivity contribution in [2.24, 2.45) is 5.92 Å². The fourth-order valence-electron chi connectivity index (χ4n) is 2.01. The molecule has 1 aliphatic carbocycles. The summed E-state index contributed by atoms with van der Waals surface area (Å²) in [5, 5.41) is 9.75. The van der Waals surface area contributed by atoms with Crippen molar-refractivity contribution < 1.29 is 19.4 Å². The average Bonchev–Trinajstić information content (AvgIpc) is 2.30. The molecule has 1 atom stereocenters. The molecule has 4 nitrogen and oxygen atoms in total. The van der Waals surface area contributed by atoms with Gasteiger partial charge in [-0.15, -0.1) is 0 Å². The first-order chi connectivity index (χ1) is 8.40. The second-order valence-corrected chi connectivity index (χ2v) is 5.09. The van der Waals surface area contributed by atoms with Crippen LogP contribution in [0.1, 0.15) is 20.3 Å². The first kappa shape index (κ1) is 15.1. The van der Waals surface area contributed by atoms with Crippen LogP contribution in [0.2, 0.25) is 0 Å². The number of hydrogen-bond acceptors (Lipinski definition) is 4. The lowest BCUT2D eigenvalue weighted by molar-refractivity contribution is -0.129. The van der Waals surface area contributed by atoms with E-state index in [2.05, 4.69) is 0 Å². The molecule has 0 amide bonds. The normalized spacial score (nSPS) is 20.4. The largest absolute Gasteiger partial charge is 0.384 e. The highest BCUT2D eigenvalue weighted by Crippen LogP contribution is 2.27. The maximum absolute atomic E-state index is 12.0. The molecular weight excluding hydrogens is 232 g/mol. The molecule has 0 saturated heterocycles. The number of ketones is 1. The van der Waals surface area contributed by atoms with Crippen LogP contribution in [-0.4, -0.2) is 43.9 Å². The lowest BCUT2D eigenvalue weighted by Crippen LogP contribution is -2.33. The van der Waals surface area contributed by atoms with Gasteiger partial charge in [0.05, 0.1) is 13.2 Å². The van der Waals surface area contributed by atoms with Gasteiger partial charge in [-0.1, -0.05) is 6.08 Å². The van der Waals surface area contributed by atoms with Crippen LogP contribution in [0.25, 0.3) is 0 Å². The van der Waals surface area contributed by atoms with Gasteiger partial charge in [-0.2, -0.15) is 0 Å². The molecule has 0 saturated carbocycles. The van der Waals surface area contributed by atoms with Gasteiger partial charge in [0, 0.05) is 25.7 Å². The Labute approximate surface area is 108 Å². The van der Waals surface area contributed by atoms with Gasteiger partial charge >= 0.3 is 0 Å². The Kier molecular flexibility index (Phi) is 5.26. The number of rotatable bonds is 6. The fraction of sp³-hybridized carbons (Fsp3) is 0.643. The monoisotopic (exact) mass is 254 g/mol. The summed E-state index contributed by atoms with van der Waals surface area (Å²) in [6.07, 6.45) is 4.42. The number of Topliss-reactive ketones (excluding diaryl/α,β-unsaturated/α-hetero) is 1. The Morgan fingerprint density at radius 2 is 2.11 bits per heavy atom. The molecule has 18 heavy (non-hydrogen) atoms. The number of hydrogen-bond donors (Lipinski definition) is 1. The van der Waals surface area contributed by atoms with Crippen LogP contribution in [0.3, 0.4) is 0 Å². The van der Waals surface area contributed by atoms with Gasteiger partial charge in [0.1, 0.15) is 5.60 Å². The van der Waals surface area contributed by atoms with Gasteiger partial charge in [-0.3, -0.25) is 4.79 Å². The van der Waals surface area contributed by atoms with Gasteiger partial charge in [0.2, 0.25) is 0 Å². The number of allylic oxidation sites excluding steroid dienone is 2. The van der Waals surface area contributed by atoms with E-state index in [9.17, 15) is 9.90 Å². The van der Waals surface area contributed by atoms with Crippen molar-refractivity contribution in [3.05, 3.63) is 23.3 Å². The Hall–Kier alpha value is -0.970. The van der Waals surface area contributed by atoms with E-state index >= 15 is 0 Å². The zero-order valence-electron chi connectivity index (χ0n) is 11.5. The third kappa shape index (κ3) is 3.77. The molecule has 0 aromatic heterocycles.